The molecule has 7 nitrogen and oxygen atoms in total. The molecule has 2 heterocycles. The number of benzene rings is 1. The molecule has 1 saturated heterocycles. The highest BCUT2D eigenvalue weighted by Crippen LogP contribution is 2.19. The van der Waals surface area contributed by atoms with Crippen LogP contribution in [0.5, 0.6) is 0 Å². The van der Waals surface area contributed by atoms with E-state index in [0.29, 0.717) is 18.9 Å². The second-order valence-corrected chi connectivity index (χ2v) is 6.94. The number of hydrazine groups is 1. The van der Waals surface area contributed by atoms with Crippen molar-refractivity contribution in [2.45, 2.75) is 51.7 Å². The lowest BCUT2D eigenvalue weighted by Gasteiger charge is -2.24. The van der Waals surface area contributed by atoms with Gasteiger partial charge in [0.05, 0.1) is 6.04 Å². The van der Waals surface area contributed by atoms with Crippen LogP contribution >= 0.6 is 0 Å². The number of aromatic nitrogens is 1. The van der Waals surface area contributed by atoms with Gasteiger partial charge in [-0.2, -0.15) is 0 Å². The van der Waals surface area contributed by atoms with Crippen molar-refractivity contribution in [3.05, 3.63) is 29.7 Å². The third-order valence-electron chi connectivity index (χ3n) is 4.87. The van der Waals surface area contributed by atoms with Crippen molar-refractivity contribution in [3.8, 4) is 0 Å². The molecule has 1 fully saturated rings. The number of aryl methyl sites for hydroxylation is 2. The number of nitrogens with one attached hydrogen (secondary N) is 3. The Kier molecular flexibility index (Phi) is 5.36. The molecule has 1 aliphatic rings. The van der Waals surface area contributed by atoms with Crippen LogP contribution < -0.4 is 21.9 Å². The first-order valence-corrected chi connectivity index (χ1v) is 8.86. The largest absolute Gasteiger partial charge is 0.441 e. The van der Waals surface area contributed by atoms with Crippen molar-refractivity contribution in [3.63, 3.8) is 0 Å². The topological polar surface area (TPSA) is 105 Å². The SMILES string of the molecule is Cc1ccc2nc(CCCNC(=O)C(N)C3C(C)NNC3C)oc2c1. The number of rotatable bonds is 6. The van der Waals surface area contributed by atoms with Crippen molar-refractivity contribution in [1.82, 2.24) is 21.2 Å². The number of oxazole rings is 1. The van der Waals surface area contributed by atoms with Crippen LogP contribution in [-0.2, 0) is 11.2 Å². The van der Waals surface area contributed by atoms with Crippen LogP contribution in [0.2, 0.25) is 0 Å². The Labute approximate surface area is 147 Å². The Morgan fingerprint density at radius 2 is 2.08 bits per heavy atom. The van der Waals surface area contributed by atoms with Crippen LogP contribution in [0.3, 0.4) is 0 Å². The van der Waals surface area contributed by atoms with E-state index in [9.17, 15) is 4.79 Å². The Hall–Kier alpha value is -1.96. The number of fused-ring (bicyclic) bond motifs is 1. The van der Waals surface area contributed by atoms with Gasteiger partial charge in [0.2, 0.25) is 5.91 Å². The minimum Gasteiger partial charge on any atom is -0.441 e. The van der Waals surface area contributed by atoms with E-state index in [1.807, 2.05) is 39.0 Å². The molecule has 0 bridgehead atoms. The fourth-order valence-electron chi connectivity index (χ4n) is 3.44. The molecule has 0 radical (unpaired) electrons. The fourth-order valence-corrected chi connectivity index (χ4v) is 3.44. The van der Waals surface area contributed by atoms with E-state index in [0.717, 1.165) is 23.1 Å². The van der Waals surface area contributed by atoms with Gasteiger partial charge in [-0.05, 0) is 44.9 Å². The van der Waals surface area contributed by atoms with Gasteiger partial charge in [-0.3, -0.25) is 15.6 Å². The zero-order chi connectivity index (χ0) is 18.0. The third kappa shape index (κ3) is 4.00. The van der Waals surface area contributed by atoms with Gasteiger partial charge < -0.3 is 15.5 Å². The summed E-state index contributed by atoms with van der Waals surface area (Å²) in [7, 11) is 0. The highest BCUT2D eigenvalue weighted by molar-refractivity contribution is 5.82. The summed E-state index contributed by atoms with van der Waals surface area (Å²) < 4.78 is 5.75. The van der Waals surface area contributed by atoms with Gasteiger partial charge in [0, 0.05) is 31.0 Å². The van der Waals surface area contributed by atoms with E-state index in [-0.39, 0.29) is 23.9 Å². The number of nitrogens with zero attached hydrogens (tertiary/aromatic N) is 1. The molecule has 0 aliphatic carbocycles. The minimum atomic E-state index is -0.528. The third-order valence-corrected chi connectivity index (χ3v) is 4.87. The Bertz CT molecular complexity index is 734. The smallest absolute Gasteiger partial charge is 0.237 e. The maximum Gasteiger partial charge on any atom is 0.237 e. The number of hydrogen-bond donors (Lipinski definition) is 4. The molecule has 1 aromatic heterocycles. The average Bonchev–Trinajstić information content (AvgIpc) is 3.13. The zero-order valence-corrected chi connectivity index (χ0v) is 15.0. The summed E-state index contributed by atoms with van der Waals surface area (Å²) in [6.07, 6.45) is 1.44. The van der Waals surface area contributed by atoms with Crippen molar-refractivity contribution >= 4 is 17.0 Å². The van der Waals surface area contributed by atoms with E-state index in [1.165, 1.54) is 0 Å². The monoisotopic (exact) mass is 345 g/mol. The summed E-state index contributed by atoms with van der Waals surface area (Å²) in [4.78, 5) is 16.7. The molecule has 0 saturated carbocycles. The Balaban J connectivity index is 1.46. The molecule has 136 valence electrons. The molecule has 5 N–H and O–H groups in total. The molecule has 3 unspecified atom stereocenters. The first kappa shape index (κ1) is 17.8. The van der Waals surface area contributed by atoms with Crippen LogP contribution in [0.1, 0.15) is 31.7 Å². The van der Waals surface area contributed by atoms with Crippen molar-refractivity contribution in [2.75, 3.05) is 6.54 Å². The zero-order valence-electron chi connectivity index (χ0n) is 15.0. The molecule has 2 aromatic rings. The number of carbonyl (C=O) groups is 1. The van der Waals surface area contributed by atoms with E-state index < -0.39 is 6.04 Å². The van der Waals surface area contributed by atoms with E-state index in [2.05, 4.69) is 21.2 Å². The van der Waals surface area contributed by atoms with Crippen LogP contribution in [0.25, 0.3) is 11.1 Å². The maximum atomic E-state index is 12.3. The Morgan fingerprint density at radius 1 is 1.36 bits per heavy atom. The summed E-state index contributed by atoms with van der Waals surface area (Å²) in [6.45, 7) is 6.64. The average molecular weight is 345 g/mol. The van der Waals surface area contributed by atoms with Crippen molar-refractivity contribution < 1.29 is 9.21 Å². The van der Waals surface area contributed by atoms with Gasteiger partial charge in [0.1, 0.15) is 5.52 Å². The lowest BCUT2D eigenvalue weighted by molar-refractivity contribution is -0.123. The highest BCUT2D eigenvalue weighted by atomic mass is 16.3. The molecule has 1 aliphatic heterocycles. The van der Waals surface area contributed by atoms with E-state index in [1.54, 1.807) is 0 Å². The van der Waals surface area contributed by atoms with Crippen molar-refractivity contribution in [1.29, 1.82) is 0 Å². The molecule has 0 spiro atoms. The number of carbonyl (C=O) groups excluding carboxylic acids is 1. The lowest BCUT2D eigenvalue weighted by atomic mass is 9.88. The van der Waals surface area contributed by atoms with Gasteiger partial charge in [-0.15, -0.1) is 0 Å². The molecular formula is C18H27N5O2. The second kappa shape index (κ2) is 7.51. The number of hydrogen-bond acceptors (Lipinski definition) is 6. The van der Waals surface area contributed by atoms with E-state index >= 15 is 0 Å². The number of amides is 1. The first-order chi connectivity index (χ1) is 12.0. The predicted octanol–water partition coefficient (Wildman–Crippen LogP) is 1.01. The summed E-state index contributed by atoms with van der Waals surface area (Å²) in [6, 6.07) is 5.77. The fraction of sp³-hybridized carbons (Fsp3) is 0.556. The van der Waals surface area contributed by atoms with Crippen LogP contribution in [0.15, 0.2) is 22.6 Å². The second-order valence-electron chi connectivity index (χ2n) is 6.94. The molecule has 1 amide bonds. The van der Waals surface area contributed by atoms with Crippen LogP contribution in [-0.4, -0.2) is 35.6 Å². The summed E-state index contributed by atoms with van der Waals surface area (Å²) in [5, 5.41) is 2.92. The lowest BCUT2D eigenvalue weighted by Crippen LogP contribution is -2.51. The molecule has 3 atom stereocenters. The predicted molar refractivity (Wildman–Crippen MR) is 96.7 cm³/mol. The first-order valence-electron chi connectivity index (χ1n) is 8.86. The molecule has 25 heavy (non-hydrogen) atoms. The normalized spacial score (nSPS) is 24.6. The van der Waals surface area contributed by atoms with Gasteiger partial charge in [-0.25, -0.2) is 4.98 Å². The van der Waals surface area contributed by atoms with E-state index in [4.69, 9.17) is 10.2 Å². The highest BCUT2D eigenvalue weighted by Gasteiger charge is 2.37. The number of nitrogens with two attached hydrogens (primary N) is 1. The molecule has 3 rings (SSSR count). The van der Waals surface area contributed by atoms with Crippen LogP contribution in [0.4, 0.5) is 0 Å². The van der Waals surface area contributed by atoms with Gasteiger partial charge in [0.25, 0.3) is 0 Å². The quantitative estimate of drug-likeness (QED) is 0.583. The minimum absolute atomic E-state index is 0.0697. The molecule has 1 aromatic carbocycles. The molecular weight excluding hydrogens is 318 g/mol. The summed E-state index contributed by atoms with van der Waals surface area (Å²) >= 11 is 0. The van der Waals surface area contributed by atoms with Crippen LogP contribution in [0, 0.1) is 12.8 Å². The van der Waals surface area contributed by atoms with Gasteiger partial charge in [0.15, 0.2) is 11.5 Å². The van der Waals surface area contributed by atoms with Crippen molar-refractivity contribution in [2.24, 2.45) is 11.7 Å². The van der Waals surface area contributed by atoms with Gasteiger partial charge in [-0.1, -0.05) is 6.07 Å². The van der Waals surface area contributed by atoms with Gasteiger partial charge >= 0.3 is 0 Å². The molecule has 7 heteroatoms. The summed E-state index contributed by atoms with van der Waals surface area (Å²) in [5.74, 6) is 0.660. The standard InChI is InChI=1S/C18H27N5O2/c1-10-6-7-13-14(9-10)25-15(21-13)5-4-8-20-18(24)17(19)16-11(2)22-23-12(16)3/h6-7,9,11-12,16-17,22-23H,4-5,8,19H2,1-3H3,(H,20,24). The summed E-state index contributed by atoms with van der Waals surface area (Å²) in [5.41, 5.74) is 15.2. The Morgan fingerprint density at radius 3 is 2.80 bits per heavy atom. The maximum absolute atomic E-state index is 12.3.